The van der Waals surface area contributed by atoms with Crippen LogP contribution in [-0.4, -0.2) is 22.6 Å². The largest absolute Gasteiger partial charge is 0.367 e. The van der Waals surface area contributed by atoms with Crippen LogP contribution in [0.15, 0.2) is 23.8 Å². The molecule has 1 saturated heterocycles. The van der Waals surface area contributed by atoms with Gasteiger partial charge in [0, 0.05) is 35.8 Å². The van der Waals surface area contributed by atoms with Gasteiger partial charge >= 0.3 is 0 Å². The third kappa shape index (κ3) is 2.58. The average molecular weight is 247 g/mol. The molecule has 90 valence electrons. The van der Waals surface area contributed by atoms with Crippen molar-refractivity contribution in [2.24, 2.45) is 0 Å². The molecular weight excluding hydrogens is 230 g/mol. The molecule has 0 bridgehead atoms. The number of aromatic nitrogens is 2. The summed E-state index contributed by atoms with van der Waals surface area (Å²) in [6, 6.07) is 2.78. The fourth-order valence-electron chi connectivity index (χ4n) is 2.34. The molecule has 0 amide bonds. The summed E-state index contributed by atoms with van der Waals surface area (Å²) < 4.78 is 0. The van der Waals surface area contributed by atoms with Gasteiger partial charge in [0.2, 0.25) is 0 Å². The van der Waals surface area contributed by atoms with Crippen molar-refractivity contribution in [3.8, 4) is 11.3 Å². The molecule has 1 fully saturated rings. The molecule has 0 saturated carbocycles. The van der Waals surface area contributed by atoms with Crippen LogP contribution >= 0.6 is 11.3 Å². The van der Waals surface area contributed by atoms with Gasteiger partial charge in [-0.15, -0.1) is 11.3 Å². The minimum absolute atomic E-state index is 0.717. The highest BCUT2D eigenvalue weighted by molar-refractivity contribution is 7.09. The number of hydrogen-bond donors (Lipinski definition) is 2. The number of hydrogen-bond acceptors (Lipinski definition) is 3. The van der Waals surface area contributed by atoms with Crippen LogP contribution < -0.4 is 5.32 Å². The number of thiazole rings is 1. The van der Waals surface area contributed by atoms with Crippen LogP contribution in [0.25, 0.3) is 11.3 Å². The zero-order valence-corrected chi connectivity index (χ0v) is 10.6. The number of aryl methyl sites for hydroxylation is 1. The fraction of sp³-hybridized carbons (Fsp3) is 0.462. The maximum Gasteiger partial charge on any atom is 0.0933 e. The topological polar surface area (TPSA) is 40.7 Å². The van der Waals surface area contributed by atoms with Gasteiger partial charge in [0.15, 0.2) is 0 Å². The molecular formula is C13H17N3S. The van der Waals surface area contributed by atoms with E-state index in [4.69, 9.17) is 0 Å². The maximum atomic E-state index is 4.68. The Morgan fingerprint density at radius 1 is 1.47 bits per heavy atom. The second-order valence-electron chi connectivity index (χ2n) is 4.56. The summed E-state index contributed by atoms with van der Waals surface area (Å²) in [6.07, 6.45) is 8.92. The molecule has 0 radical (unpaired) electrons. The second kappa shape index (κ2) is 5.02. The van der Waals surface area contributed by atoms with Crippen molar-refractivity contribution >= 4 is 11.3 Å². The first kappa shape index (κ1) is 11.0. The van der Waals surface area contributed by atoms with E-state index in [0.29, 0.717) is 0 Å². The van der Waals surface area contributed by atoms with Crippen LogP contribution in [-0.2, 0) is 6.42 Å². The molecule has 4 heteroatoms. The second-order valence-corrected chi connectivity index (χ2v) is 5.50. The van der Waals surface area contributed by atoms with Gasteiger partial charge in [0.05, 0.1) is 10.7 Å². The first-order valence-electron chi connectivity index (χ1n) is 6.23. The van der Waals surface area contributed by atoms with Crippen molar-refractivity contribution in [2.45, 2.75) is 31.7 Å². The number of H-pyrrole nitrogens is 1. The Kier molecular flexibility index (Phi) is 3.25. The monoisotopic (exact) mass is 247 g/mol. The number of nitrogens with one attached hydrogen (secondary N) is 2. The molecule has 1 unspecified atom stereocenters. The first-order valence-corrected chi connectivity index (χ1v) is 7.11. The lowest BCUT2D eigenvalue weighted by atomic mass is 10.1. The van der Waals surface area contributed by atoms with Gasteiger partial charge in [-0.05, 0) is 31.9 Å². The van der Waals surface area contributed by atoms with Crippen LogP contribution in [0.5, 0.6) is 0 Å². The van der Waals surface area contributed by atoms with Crippen LogP contribution in [0, 0.1) is 0 Å². The predicted octanol–water partition coefficient (Wildman–Crippen LogP) is 2.82. The Balaban J connectivity index is 1.60. The van der Waals surface area contributed by atoms with Gasteiger partial charge in [-0.25, -0.2) is 4.98 Å². The normalized spacial score (nSPS) is 19.9. The molecule has 2 aromatic heterocycles. The van der Waals surface area contributed by atoms with Crippen molar-refractivity contribution in [2.75, 3.05) is 6.54 Å². The van der Waals surface area contributed by atoms with Gasteiger partial charge in [0.25, 0.3) is 0 Å². The van der Waals surface area contributed by atoms with E-state index in [9.17, 15) is 0 Å². The standard InChI is InChI=1S/C13H17N3S/c1-2-11(15-6-1)3-4-13-16-12(9-17-13)10-5-7-14-8-10/h5,7-9,11,14-15H,1-4,6H2. The molecule has 2 N–H and O–H groups in total. The van der Waals surface area contributed by atoms with E-state index in [1.165, 1.54) is 36.4 Å². The van der Waals surface area contributed by atoms with Crippen molar-refractivity contribution in [1.29, 1.82) is 0 Å². The van der Waals surface area contributed by atoms with Crippen LogP contribution in [0.3, 0.4) is 0 Å². The van der Waals surface area contributed by atoms with Gasteiger partial charge in [-0.2, -0.15) is 0 Å². The van der Waals surface area contributed by atoms with E-state index in [-0.39, 0.29) is 0 Å². The number of rotatable bonds is 4. The van der Waals surface area contributed by atoms with E-state index < -0.39 is 0 Å². The number of aromatic amines is 1. The summed E-state index contributed by atoms with van der Waals surface area (Å²) in [5.74, 6) is 0. The van der Waals surface area contributed by atoms with Gasteiger partial charge in [-0.1, -0.05) is 0 Å². The van der Waals surface area contributed by atoms with E-state index >= 15 is 0 Å². The lowest BCUT2D eigenvalue weighted by molar-refractivity contribution is 0.558. The predicted molar refractivity (Wildman–Crippen MR) is 71.2 cm³/mol. The Hall–Kier alpha value is -1.13. The average Bonchev–Trinajstić information content (AvgIpc) is 3.09. The fourth-order valence-corrected chi connectivity index (χ4v) is 3.17. The molecule has 3 rings (SSSR count). The van der Waals surface area contributed by atoms with Gasteiger partial charge in [0.1, 0.15) is 0 Å². The lowest BCUT2D eigenvalue weighted by Gasteiger charge is -2.07. The van der Waals surface area contributed by atoms with Crippen molar-refractivity contribution < 1.29 is 0 Å². The number of nitrogens with zero attached hydrogens (tertiary/aromatic N) is 1. The Morgan fingerprint density at radius 2 is 2.47 bits per heavy atom. The summed E-state index contributed by atoms with van der Waals surface area (Å²) in [4.78, 5) is 7.75. The first-order chi connectivity index (χ1) is 8.42. The maximum absolute atomic E-state index is 4.68. The van der Waals surface area contributed by atoms with E-state index in [2.05, 4.69) is 26.7 Å². The van der Waals surface area contributed by atoms with Crippen LogP contribution in [0.1, 0.15) is 24.3 Å². The van der Waals surface area contributed by atoms with E-state index in [1.807, 2.05) is 12.4 Å². The minimum atomic E-state index is 0.717. The van der Waals surface area contributed by atoms with Crippen molar-refractivity contribution in [3.05, 3.63) is 28.8 Å². The summed E-state index contributed by atoms with van der Waals surface area (Å²) in [5.41, 5.74) is 2.29. The molecule has 3 heterocycles. The zero-order valence-electron chi connectivity index (χ0n) is 9.78. The lowest BCUT2D eigenvalue weighted by Crippen LogP contribution is -2.21. The summed E-state index contributed by atoms with van der Waals surface area (Å²) in [6.45, 7) is 1.19. The highest BCUT2D eigenvalue weighted by Crippen LogP contribution is 2.23. The molecule has 0 aliphatic carbocycles. The molecule has 1 atom stereocenters. The Bertz CT molecular complexity index is 455. The third-order valence-corrected chi connectivity index (χ3v) is 4.22. The Labute approximate surface area is 105 Å². The minimum Gasteiger partial charge on any atom is -0.367 e. The molecule has 0 aromatic carbocycles. The highest BCUT2D eigenvalue weighted by Gasteiger charge is 2.14. The zero-order chi connectivity index (χ0) is 11.5. The van der Waals surface area contributed by atoms with E-state index in [1.54, 1.807) is 11.3 Å². The summed E-state index contributed by atoms with van der Waals surface area (Å²) in [7, 11) is 0. The van der Waals surface area contributed by atoms with E-state index in [0.717, 1.165) is 18.2 Å². The molecule has 1 aliphatic heterocycles. The molecule has 0 spiro atoms. The summed E-state index contributed by atoms with van der Waals surface area (Å²) in [5, 5.41) is 6.95. The quantitative estimate of drug-likeness (QED) is 0.872. The van der Waals surface area contributed by atoms with Gasteiger partial charge in [-0.3, -0.25) is 0 Å². The Morgan fingerprint density at radius 3 is 3.24 bits per heavy atom. The van der Waals surface area contributed by atoms with Gasteiger partial charge < -0.3 is 10.3 Å². The van der Waals surface area contributed by atoms with Crippen LogP contribution in [0.2, 0.25) is 0 Å². The molecule has 3 nitrogen and oxygen atoms in total. The highest BCUT2D eigenvalue weighted by atomic mass is 32.1. The van der Waals surface area contributed by atoms with Crippen LogP contribution in [0.4, 0.5) is 0 Å². The molecule has 2 aromatic rings. The SMILES string of the molecule is c1cc(-c2csc(CCC3CCCN3)n2)c[nH]1. The summed E-state index contributed by atoms with van der Waals surface area (Å²) >= 11 is 1.78. The molecule has 1 aliphatic rings. The smallest absolute Gasteiger partial charge is 0.0933 e. The third-order valence-electron chi connectivity index (χ3n) is 3.31. The molecule has 17 heavy (non-hydrogen) atoms. The van der Waals surface area contributed by atoms with Crippen molar-refractivity contribution in [3.63, 3.8) is 0 Å². The van der Waals surface area contributed by atoms with Crippen molar-refractivity contribution in [1.82, 2.24) is 15.3 Å².